The molecule has 1 unspecified atom stereocenters. The van der Waals surface area contributed by atoms with E-state index in [9.17, 15) is 8.42 Å². The summed E-state index contributed by atoms with van der Waals surface area (Å²) in [7, 11) is -3.28. The smallest absolute Gasteiger partial charge is 0.277 e. The second kappa shape index (κ2) is 4.60. The van der Waals surface area contributed by atoms with Gasteiger partial charge < -0.3 is 5.32 Å². The zero-order valence-corrected chi connectivity index (χ0v) is 10.6. The van der Waals surface area contributed by atoms with Crippen molar-refractivity contribution in [2.75, 3.05) is 19.6 Å². The molecule has 1 saturated heterocycles. The predicted molar refractivity (Wildman–Crippen MR) is 63.3 cm³/mol. The van der Waals surface area contributed by atoms with Crippen LogP contribution in [0.2, 0.25) is 0 Å². The highest BCUT2D eigenvalue weighted by molar-refractivity contribution is 7.87. The van der Waals surface area contributed by atoms with E-state index in [0.717, 1.165) is 38.8 Å². The van der Waals surface area contributed by atoms with Gasteiger partial charge in [-0.3, -0.25) is 0 Å². The molecular weight excluding hydrogens is 226 g/mol. The van der Waals surface area contributed by atoms with E-state index in [2.05, 4.69) is 21.7 Å². The molecule has 0 amide bonds. The fourth-order valence-electron chi connectivity index (χ4n) is 2.00. The van der Waals surface area contributed by atoms with Gasteiger partial charge in [-0.15, -0.1) is 0 Å². The van der Waals surface area contributed by atoms with E-state index in [0.29, 0.717) is 6.54 Å². The van der Waals surface area contributed by atoms with Crippen molar-refractivity contribution in [3.8, 4) is 0 Å². The van der Waals surface area contributed by atoms with E-state index in [1.807, 2.05) is 0 Å². The highest BCUT2D eigenvalue weighted by Gasteiger charge is 2.30. The van der Waals surface area contributed by atoms with Gasteiger partial charge in [-0.25, -0.2) is 4.72 Å². The lowest BCUT2D eigenvalue weighted by atomic mass is 9.83. The maximum absolute atomic E-state index is 11.6. The van der Waals surface area contributed by atoms with Crippen LogP contribution in [0.25, 0.3) is 0 Å². The van der Waals surface area contributed by atoms with Gasteiger partial charge in [0.2, 0.25) is 0 Å². The van der Waals surface area contributed by atoms with Gasteiger partial charge in [-0.05, 0) is 37.6 Å². The SMILES string of the molecule is CC1(CNS(=O)(=O)NC2CC2)CCCNC1. The van der Waals surface area contributed by atoms with E-state index in [-0.39, 0.29) is 11.5 Å². The fraction of sp³-hybridized carbons (Fsp3) is 1.00. The summed E-state index contributed by atoms with van der Waals surface area (Å²) < 4.78 is 28.5. The van der Waals surface area contributed by atoms with Crippen LogP contribution in [0.3, 0.4) is 0 Å². The van der Waals surface area contributed by atoms with Crippen LogP contribution in [0, 0.1) is 5.41 Å². The topological polar surface area (TPSA) is 70.2 Å². The molecule has 2 fully saturated rings. The van der Waals surface area contributed by atoms with Crippen molar-refractivity contribution >= 4 is 10.2 Å². The van der Waals surface area contributed by atoms with Crippen LogP contribution < -0.4 is 14.8 Å². The van der Waals surface area contributed by atoms with Gasteiger partial charge in [0.25, 0.3) is 10.2 Å². The molecule has 1 aliphatic heterocycles. The Morgan fingerprint density at radius 1 is 1.44 bits per heavy atom. The van der Waals surface area contributed by atoms with Gasteiger partial charge in [0, 0.05) is 19.1 Å². The van der Waals surface area contributed by atoms with Gasteiger partial charge in [0.1, 0.15) is 0 Å². The Hall–Kier alpha value is -0.170. The third-order valence-corrected chi connectivity index (χ3v) is 4.44. The van der Waals surface area contributed by atoms with Crippen LogP contribution in [0.5, 0.6) is 0 Å². The van der Waals surface area contributed by atoms with Crippen LogP contribution in [0.1, 0.15) is 32.6 Å². The van der Waals surface area contributed by atoms with E-state index in [1.54, 1.807) is 0 Å². The van der Waals surface area contributed by atoms with Gasteiger partial charge in [-0.1, -0.05) is 6.92 Å². The molecule has 2 aliphatic rings. The molecule has 94 valence electrons. The minimum atomic E-state index is -3.28. The van der Waals surface area contributed by atoms with Crippen molar-refractivity contribution in [3.63, 3.8) is 0 Å². The van der Waals surface area contributed by atoms with Gasteiger partial charge in [-0.2, -0.15) is 13.1 Å². The standard InChI is InChI=1S/C10H21N3O2S/c1-10(5-2-6-11-7-10)8-12-16(14,15)13-9-3-4-9/h9,11-13H,2-8H2,1H3. The summed E-state index contributed by atoms with van der Waals surface area (Å²) in [5.74, 6) is 0. The van der Waals surface area contributed by atoms with Crippen LogP contribution in [-0.2, 0) is 10.2 Å². The molecule has 0 radical (unpaired) electrons. The Morgan fingerprint density at radius 2 is 2.19 bits per heavy atom. The fourth-order valence-corrected chi connectivity index (χ4v) is 3.30. The summed E-state index contributed by atoms with van der Waals surface area (Å²) >= 11 is 0. The van der Waals surface area contributed by atoms with Gasteiger partial charge >= 0.3 is 0 Å². The first-order valence-electron chi connectivity index (χ1n) is 5.97. The molecule has 1 aliphatic carbocycles. The van der Waals surface area contributed by atoms with Crippen LogP contribution >= 0.6 is 0 Å². The lowest BCUT2D eigenvalue weighted by Gasteiger charge is -2.34. The van der Waals surface area contributed by atoms with Crippen molar-refractivity contribution in [1.82, 2.24) is 14.8 Å². The zero-order valence-electron chi connectivity index (χ0n) is 9.75. The number of hydrogen-bond donors (Lipinski definition) is 3. The maximum Gasteiger partial charge on any atom is 0.277 e. The van der Waals surface area contributed by atoms with E-state index in [1.165, 1.54) is 0 Å². The first-order valence-corrected chi connectivity index (χ1v) is 7.45. The minimum Gasteiger partial charge on any atom is -0.316 e. The molecular formula is C10H21N3O2S. The molecule has 2 rings (SSSR count). The second-order valence-electron chi connectivity index (χ2n) is 5.31. The number of rotatable bonds is 5. The molecule has 0 aromatic heterocycles. The van der Waals surface area contributed by atoms with Gasteiger partial charge in [0.15, 0.2) is 0 Å². The Morgan fingerprint density at radius 3 is 2.75 bits per heavy atom. The molecule has 16 heavy (non-hydrogen) atoms. The summed E-state index contributed by atoms with van der Waals surface area (Å²) in [4.78, 5) is 0. The van der Waals surface area contributed by atoms with Gasteiger partial charge in [0.05, 0.1) is 0 Å². The Kier molecular flexibility index (Phi) is 3.53. The highest BCUT2D eigenvalue weighted by atomic mass is 32.2. The summed E-state index contributed by atoms with van der Waals surface area (Å²) in [6, 6.07) is 0.176. The Balaban J connectivity index is 1.80. The second-order valence-corrected chi connectivity index (χ2v) is 6.84. The summed E-state index contributed by atoms with van der Waals surface area (Å²) in [6.07, 6.45) is 4.14. The summed E-state index contributed by atoms with van der Waals surface area (Å²) in [5.41, 5.74) is 0.0521. The molecule has 1 heterocycles. The number of hydrogen-bond acceptors (Lipinski definition) is 3. The largest absolute Gasteiger partial charge is 0.316 e. The normalized spacial score (nSPS) is 31.6. The van der Waals surface area contributed by atoms with Crippen molar-refractivity contribution in [3.05, 3.63) is 0 Å². The first kappa shape index (κ1) is 12.3. The molecule has 1 atom stereocenters. The van der Waals surface area contributed by atoms with Crippen molar-refractivity contribution in [1.29, 1.82) is 0 Å². The molecule has 1 saturated carbocycles. The average molecular weight is 247 g/mol. The first-order chi connectivity index (χ1) is 7.49. The molecule has 6 heteroatoms. The maximum atomic E-state index is 11.6. The molecule has 0 aromatic rings. The van der Waals surface area contributed by atoms with Crippen LogP contribution in [0.4, 0.5) is 0 Å². The van der Waals surface area contributed by atoms with Crippen molar-refractivity contribution in [2.45, 2.75) is 38.6 Å². The average Bonchev–Trinajstić information content (AvgIpc) is 3.00. The lowest BCUT2D eigenvalue weighted by molar-refractivity contribution is 0.238. The summed E-state index contributed by atoms with van der Waals surface area (Å²) in [5, 5.41) is 3.31. The van der Waals surface area contributed by atoms with E-state index in [4.69, 9.17) is 0 Å². The van der Waals surface area contributed by atoms with E-state index < -0.39 is 10.2 Å². The Labute approximate surface area is 97.6 Å². The van der Waals surface area contributed by atoms with Crippen molar-refractivity contribution in [2.24, 2.45) is 5.41 Å². The molecule has 0 bridgehead atoms. The Bertz CT molecular complexity index is 332. The van der Waals surface area contributed by atoms with E-state index >= 15 is 0 Å². The third-order valence-electron chi connectivity index (χ3n) is 3.27. The lowest BCUT2D eigenvalue weighted by Crippen LogP contribution is -2.48. The number of nitrogens with one attached hydrogen (secondary N) is 3. The van der Waals surface area contributed by atoms with Crippen molar-refractivity contribution < 1.29 is 8.42 Å². The monoisotopic (exact) mass is 247 g/mol. The summed E-state index contributed by atoms with van der Waals surface area (Å²) in [6.45, 7) is 4.57. The molecule has 5 nitrogen and oxygen atoms in total. The third kappa shape index (κ3) is 3.69. The predicted octanol–water partition coefficient (Wildman–Crippen LogP) is -0.0375. The molecule has 3 N–H and O–H groups in total. The molecule has 0 aromatic carbocycles. The number of piperidine rings is 1. The minimum absolute atomic E-state index is 0.0521. The van der Waals surface area contributed by atoms with Crippen LogP contribution in [0.15, 0.2) is 0 Å². The zero-order chi connectivity index (χ0) is 11.6. The molecule has 0 spiro atoms. The quantitative estimate of drug-likeness (QED) is 0.638. The van der Waals surface area contributed by atoms with Crippen LogP contribution in [-0.4, -0.2) is 34.1 Å². The highest BCUT2D eigenvalue weighted by Crippen LogP contribution is 2.24.